The van der Waals surface area contributed by atoms with E-state index in [-0.39, 0.29) is 5.78 Å². The number of aryl methyl sites for hydroxylation is 1. The Balaban J connectivity index is 2.33. The largest absolute Gasteiger partial charge is 0.319 e. The molecule has 1 unspecified atom stereocenters. The molecule has 0 aliphatic carbocycles. The van der Waals surface area contributed by atoms with Crippen molar-refractivity contribution < 1.29 is 4.79 Å². The first-order chi connectivity index (χ1) is 9.49. The maximum atomic E-state index is 12.4. The normalized spacial score (nSPS) is 14.4. The lowest BCUT2D eigenvalue weighted by atomic mass is 9.89. The summed E-state index contributed by atoms with van der Waals surface area (Å²) in [6, 6.07) is 8.02. The van der Waals surface area contributed by atoms with E-state index in [9.17, 15) is 4.79 Å². The number of hydrogen-bond donors (Lipinski definition) is 1. The topological polar surface area (TPSA) is 60.9 Å². The van der Waals surface area contributed by atoms with Crippen LogP contribution >= 0.6 is 0 Å². The van der Waals surface area contributed by atoms with E-state index >= 15 is 0 Å². The van der Waals surface area contributed by atoms with E-state index < -0.39 is 5.54 Å². The molecule has 4 heteroatoms. The molecule has 1 aromatic carbocycles. The van der Waals surface area contributed by atoms with Crippen LogP contribution in [0.2, 0.25) is 0 Å². The Hall–Kier alpha value is -1.68. The molecule has 1 aromatic heterocycles. The van der Waals surface area contributed by atoms with Gasteiger partial charge in [0.15, 0.2) is 5.78 Å². The summed E-state index contributed by atoms with van der Waals surface area (Å²) in [4.78, 5) is 12.4. The van der Waals surface area contributed by atoms with Crippen molar-refractivity contribution in [1.29, 1.82) is 0 Å². The van der Waals surface area contributed by atoms with Crippen molar-refractivity contribution in [1.82, 2.24) is 9.78 Å². The molecule has 1 atom stereocenters. The summed E-state index contributed by atoms with van der Waals surface area (Å²) in [5, 5.41) is 5.61. The van der Waals surface area contributed by atoms with Gasteiger partial charge in [-0.3, -0.25) is 9.48 Å². The number of carbonyl (C=O) groups excluding carboxylic acids is 1. The molecule has 0 saturated heterocycles. The van der Waals surface area contributed by atoms with E-state index in [4.69, 9.17) is 5.73 Å². The minimum atomic E-state index is -0.758. The van der Waals surface area contributed by atoms with Gasteiger partial charge in [-0.15, -0.1) is 0 Å². The summed E-state index contributed by atoms with van der Waals surface area (Å²) in [7, 11) is 0. The molecule has 2 N–H and O–H groups in total. The van der Waals surface area contributed by atoms with Gasteiger partial charge in [0.2, 0.25) is 0 Å². The molecule has 0 aliphatic rings. The minimum Gasteiger partial charge on any atom is -0.319 e. The van der Waals surface area contributed by atoms with Crippen molar-refractivity contribution in [3.05, 3.63) is 30.0 Å². The van der Waals surface area contributed by atoms with E-state index in [2.05, 4.69) is 12.0 Å². The number of para-hydroxylation sites is 1. The predicted molar refractivity (Wildman–Crippen MR) is 81.6 cm³/mol. The molecule has 0 bridgehead atoms. The Kier molecular flexibility index (Phi) is 4.23. The van der Waals surface area contributed by atoms with Crippen molar-refractivity contribution in [3.63, 3.8) is 0 Å². The molecule has 0 aliphatic heterocycles. The van der Waals surface area contributed by atoms with Crippen molar-refractivity contribution in [2.45, 2.75) is 52.1 Å². The number of nitrogens with two attached hydrogens (primary N) is 1. The van der Waals surface area contributed by atoms with Crippen LogP contribution in [0.25, 0.3) is 10.9 Å². The van der Waals surface area contributed by atoms with Crippen LogP contribution in [0.4, 0.5) is 0 Å². The Morgan fingerprint density at radius 2 is 2.05 bits per heavy atom. The minimum absolute atomic E-state index is 0.0610. The van der Waals surface area contributed by atoms with E-state index in [0.29, 0.717) is 12.8 Å². The van der Waals surface area contributed by atoms with Crippen LogP contribution < -0.4 is 5.73 Å². The monoisotopic (exact) mass is 273 g/mol. The highest BCUT2D eigenvalue weighted by atomic mass is 16.1. The van der Waals surface area contributed by atoms with Gasteiger partial charge in [0.05, 0.1) is 23.2 Å². The molecule has 20 heavy (non-hydrogen) atoms. The number of fused-ring (bicyclic) bond motifs is 1. The van der Waals surface area contributed by atoms with Crippen molar-refractivity contribution in [2.75, 3.05) is 0 Å². The lowest BCUT2D eigenvalue weighted by molar-refractivity contribution is -0.123. The molecule has 1 heterocycles. The van der Waals surface area contributed by atoms with Crippen molar-refractivity contribution >= 4 is 16.7 Å². The highest BCUT2D eigenvalue weighted by Gasteiger charge is 2.28. The van der Waals surface area contributed by atoms with Gasteiger partial charge in [-0.2, -0.15) is 5.10 Å². The Labute approximate surface area is 120 Å². The van der Waals surface area contributed by atoms with Crippen LogP contribution in [0.1, 0.15) is 39.3 Å². The zero-order chi connectivity index (χ0) is 14.8. The van der Waals surface area contributed by atoms with Crippen LogP contribution in [0.15, 0.2) is 24.3 Å². The zero-order valence-corrected chi connectivity index (χ0v) is 12.5. The van der Waals surface area contributed by atoms with Gasteiger partial charge in [-0.05, 0) is 26.3 Å². The number of rotatable bonds is 6. The van der Waals surface area contributed by atoms with E-state index in [0.717, 1.165) is 29.6 Å². The summed E-state index contributed by atoms with van der Waals surface area (Å²) in [5.41, 5.74) is 7.27. The fraction of sp³-hybridized carbons (Fsp3) is 0.500. The van der Waals surface area contributed by atoms with E-state index in [1.54, 1.807) is 0 Å². The average molecular weight is 273 g/mol. The van der Waals surface area contributed by atoms with Gasteiger partial charge in [0.1, 0.15) is 0 Å². The molecule has 2 aromatic rings. The molecular formula is C16H23N3O. The van der Waals surface area contributed by atoms with Crippen LogP contribution in [0.3, 0.4) is 0 Å². The van der Waals surface area contributed by atoms with Gasteiger partial charge in [0.25, 0.3) is 0 Å². The van der Waals surface area contributed by atoms with Gasteiger partial charge in [-0.1, -0.05) is 31.5 Å². The highest BCUT2D eigenvalue weighted by Crippen LogP contribution is 2.21. The third kappa shape index (κ3) is 2.75. The van der Waals surface area contributed by atoms with Crippen molar-refractivity contribution in [3.8, 4) is 0 Å². The molecule has 108 valence electrons. The van der Waals surface area contributed by atoms with Gasteiger partial charge in [-0.25, -0.2) is 0 Å². The number of ketones is 1. The maximum absolute atomic E-state index is 12.4. The van der Waals surface area contributed by atoms with Crippen LogP contribution in [0, 0.1) is 0 Å². The predicted octanol–water partition coefficient (Wildman–Crippen LogP) is 2.69. The Bertz CT molecular complexity index is 613. The van der Waals surface area contributed by atoms with E-state index in [1.165, 1.54) is 0 Å². The molecular weight excluding hydrogens is 250 g/mol. The molecule has 0 saturated carbocycles. The average Bonchev–Trinajstić information content (AvgIpc) is 2.77. The quantitative estimate of drug-likeness (QED) is 0.880. The molecule has 0 amide bonds. The summed E-state index contributed by atoms with van der Waals surface area (Å²) in [6.45, 7) is 6.70. The SMILES string of the molecule is CCCC(C)(N)C(=O)Cc1nn(CC)c2ccccc12. The first-order valence-corrected chi connectivity index (χ1v) is 7.26. The summed E-state index contributed by atoms with van der Waals surface area (Å²) < 4.78 is 1.94. The number of Topliss-reactive ketones (excluding diaryl/α,β-unsaturated/α-hetero) is 1. The number of benzene rings is 1. The van der Waals surface area contributed by atoms with Gasteiger partial charge in [0, 0.05) is 11.9 Å². The highest BCUT2D eigenvalue weighted by molar-refractivity contribution is 5.93. The number of carbonyl (C=O) groups is 1. The first-order valence-electron chi connectivity index (χ1n) is 7.26. The molecule has 2 rings (SSSR count). The van der Waals surface area contributed by atoms with Gasteiger partial charge >= 0.3 is 0 Å². The van der Waals surface area contributed by atoms with Gasteiger partial charge < -0.3 is 5.73 Å². The third-order valence-corrected chi connectivity index (χ3v) is 3.77. The maximum Gasteiger partial charge on any atom is 0.158 e. The van der Waals surface area contributed by atoms with E-state index in [1.807, 2.05) is 42.8 Å². The smallest absolute Gasteiger partial charge is 0.158 e. The first kappa shape index (κ1) is 14.7. The number of nitrogens with zero attached hydrogens (tertiary/aromatic N) is 2. The molecule has 0 radical (unpaired) electrons. The molecule has 0 fully saturated rings. The second-order valence-electron chi connectivity index (χ2n) is 5.55. The summed E-state index contributed by atoms with van der Waals surface area (Å²) >= 11 is 0. The fourth-order valence-electron chi connectivity index (χ4n) is 2.58. The van der Waals surface area contributed by atoms with Crippen LogP contribution in [0.5, 0.6) is 0 Å². The van der Waals surface area contributed by atoms with Crippen LogP contribution in [-0.2, 0) is 17.8 Å². The fourth-order valence-corrected chi connectivity index (χ4v) is 2.58. The second kappa shape index (κ2) is 5.75. The second-order valence-corrected chi connectivity index (χ2v) is 5.55. The summed E-state index contributed by atoms with van der Waals surface area (Å²) in [5.74, 6) is 0.0610. The number of aromatic nitrogens is 2. The summed E-state index contributed by atoms with van der Waals surface area (Å²) in [6.07, 6.45) is 1.92. The number of hydrogen-bond acceptors (Lipinski definition) is 3. The zero-order valence-electron chi connectivity index (χ0n) is 12.5. The lowest BCUT2D eigenvalue weighted by Crippen LogP contribution is -2.45. The molecule has 0 spiro atoms. The Morgan fingerprint density at radius 3 is 2.70 bits per heavy atom. The van der Waals surface area contributed by atoms with Crippen LogP contribution in [-0.4, -0.2) is 21.1 Å². The third-order valence-electron chi connectivity index (χ3n) is 3.77. The van der Waals surface area contributed by atoms with Crippen molar-refractivity contribution in [2.24, 2.45) is 5.73 Å². The lowest BCUT2D eigenvalue weighted by Gasteiger charge is -2.21. The Morgan fingerprint density at radius 1 is 1.35 bits per heavy atom. The molecule has 4 nitrogen and oxygen atoms in total. The standard InChI is InChI=1S/C16H23N3O/c1-4-10-16(3,17)15(20)11-13-12-8-6-7-9-14(12)19(5-2)18-13/h6-9H,4-5,10-11,17H2,1-3H3.